The summed E-state index contributed by atoms with van der Waals surface area (Å²) in [6, 6.07) is 5.29. The number of carbonyl (C=O) groups is 2. The fourth-order valence-electron chi connectivity index (χ4n) is 6.82. The van der Waals surface area contributed by atoms with Crippen LogP contribution in [0.1, 0.15) is 50.7 Å². The lowest BCUT2D eigenvalue weighted by molar-refractivity contribution is -0.123. The van der Waals surface area contributed by atoms with Crippen LogP contribution in [0.3, 0.4) is 0 Å². The molecule has 1 spiro atoms. The van der Waals surface area contributed by atoms with Crippen LogP contribution >= 0.6 is 23.2 Å². The van der Waals surface area contributed by atoms with Gasteiger partial charge in [-0.2, -0.15) is 0 Å². The molecule has 8 nitrogen and oxygen atoms in total. The van der Waals surface area contributed by atoms with Crippen molar-refractivity contribution >= 4 is 40.7 Å². The summed E-state index contributed by atoms with van der Waals surface area (Å²) in [6.45, 7) is 7.50. The molecule has 0 bridgehead atoms. The number of β-amino-alcohol motifs (C(OH)–C–C–N with tert-alkyl or cyclic N) is 2. The van der Waals surface area contributed by atoms with E-state index in [1.54, 1.807) is 6.07 Å². The van der Waals surface area contributed by atoms with Crippen molar-refractivity contribution in [2.45, 2.75) is 69.2 Å². The normalized spacial score (nSPS) is 29.3. The van der Waals surface area contributed by atoms with Crippen molar-refractivity contribution in [3.8, 4) is 0 Å². The molecule has 6 atom stereocenters. The molecule has 0 unspecified atom stereocenters. The molecule has 0 aromatic heterocycles. The second kappa shape index (κ2) is 11.6. The third-order valence-electron chi connectivity index (χ3n) is 8.58. The van der Waals surface area contributed by atoms with Gasteiger partial charge in [0.1, 0.15) is 17.0 Å². The lowest BCUT2D eigenvalue weighted by atomic mass is 9.62. The summed E-state index contributed by atoms with van der Waals surface area (Å²) in [5.74, 6) is -3.47. The summed E-state index contributed by atoms with van der Waals surface area (Å²) in [7, 11) is 0. The smallest absolute Gasteiger partial charge is 0.237 e. The quantitative estimate of drug-likeness (QED) is 0.301. The molecule has 0 radical (unpaired) electrons. The molecule has 5 N–H and O–H groups in total. The highest BCUT2D eigenvalue weighted by Gasteiger charge is 2.66. The Kier molecular flexibility index (Phi) is 8.61. The summed E-state index contributed by atoms with van der Waals surface area (Å²) >= 11 is 12.3. The van der Waals surface area contributed by atoms with Crippen molar-refractivity contribution in [2.24, 2.45) is 5.41 Å². The number of hydrogen-bond acceptors (Lipinski definition) is 6. The van der Waals surface area contributed by atoms with Gasteiger partial charge in [-0.3, -0.25) is 14.5 Å². The minimum Gasteiger partial charge on any atom is -0.389 e. The number of aliphatic hydroxyl groups excluding tert-OH is 2. The molecular weight excluding hydrogens is 589 g/mol. The Hall–Kier alpha value is -2.34. The van der Waals surface area contributed by atoms with Crippen LogP contribution in [0.15, 0.2) is 30.3 Å². The lowest BCUT2D eigenvalue weighted by Gasteiger charge is -2.37. The molecule has 3 aliphatic heterocycles. The number of amides is 2. The van der Waals surface area contributed by atoms with E-state index >= 15 is 8.78 Å². The second-order valence-electron chi connectivity index (χ2n) is 12.8. The summed E-state index contributed by atoms with van der Waals surface area (Å²) in [6.07, 6.45) is -0.650. The summed E-state index contributed by atoms with van der Waals surface area (Å²) in [5.41, 5.74) is -1.18. The van der Waals surface area contributed by atoms with E-state index in [1.807, 2.05) is 25.7 Å². The Bertz CT molecular complexity index is 1380. The van der Waals surface area contributed by atoms with Gasteiger partial charge in [0.15, 0.2) is 0 Å². The molecule has 3 heterocycles. The number of nitrogens with zero attached hydrogens (tertiary/aromatic N) is 1. The standard InChI is InChI=1S/C30H36Cl2F2N4O4/c1-29(2,3)12-23-30(16-10-19(33)18(32)11-20(16)36-28(30)42)24(15-6-4-7-17(31)25(15)34)26(37-23)27(41)35-8-5-9-38-13-21(39)22(40)14-38/h4,6-7,10-11,21-24,26,37,39-40H,5,8-9,12-14H2,1-3H3,(H,35,41)(H,36,42)/t21-,22-,23+,24-,26+,30-/m0/s1. The number of rotatable bonds is 7. The first-order valence-corrected chi connectivity index (χ1v) is 14.9. The number of likely N-dealkylation sites (tertiary alicyclic amines) is 1. The molecule has 2 fully saturated rings. The maximum Gasteiger partial charge on any atom is 0.237 e. The summed E-state index contributed by atoms with van der Waals surface area (Å²) in [5, 5.41) is 28.4. The van der Waals surface area contributed by atoms with Crippen LogP contribution in [0.25, 0.3) is 0 Å². The second-order valence-corrected chi connectivity index (χ2v) is 13.6. The van der Waals surface area contributed by atoms with E-state index in [0.29, 0.717) is 43.7 Å². The number of aliphatic hydroxyl groups is 2. The van der Waals surface area contributed by atoms with Gasteiger partial charge < -0.3 is 26.2 Å². The Morgan fingerprint density at radius 2 is 1.83 bits per heavy atom. The molecule has 228 valence electrons. The first kappa shape index (κ1) is 31.1. The number of nitrogens with one attached hydrogen (secondary N) is 3. The Morgan fingerprint density at radius 3 is 2.50 bits per heavy atom. The monoisotopic (exact) mass is 624 g/mol. The predicted molar refractivity (Wildman–Crippen MR) is 157 cm³/mol. The highest BCUT2D eigenvalue weighted by Crippen LogP contribution is 2.57. The summed E-state index contributed by atoms with van der Waals surface area (Å²) < 4.78 is 30.8. The van der Waals surface area contributed by atoms with Gasteiger partial charge in [-0.1, -0.05) is 56.1 Å². The average Bonchev–Trinajstić information content (AvgIpc) is 3.50. The Balaban J connectivity index is 1.54. The van der Waals surface area contributed by atoms with E-state index < -0.39 is 59.1 Å². The number of benzene rings is 2. The zero-order chi connectivity index (χ0) is 30.6. The lowest BCUT2D eigenvalue weighted by Crippen LogP contribution is -2.49. The molecule has 2 saturated heterocycles. The largest absolute Gasteiger partial charge is 0.389 e. The maximum atomic E-state index is 15.8. The van der Waals surface area contributed by atoms with Gasteiger partial charge in [0, 0.05) is 43.8 Å². The van der Waals surface area contributed by atoms with Crippen LogP contribution in [0.4, 0.5) is 14.5 Å². The zero-order valence-electron chi connectivity index (χ0n) is 23.7. The fourth-order valence-corrected chi connectivity index (χ4v) is 7.16. The number of carbonyl (C=O) groups excluding carboxylic acids is 2. The minimum atomic E-state index is -1.55. The van der Waals surface area contributed by atoms with Crippen molar-refractivity contribution in [2.75, 3.05) is 31.5 Å². The van der Waals surface area contributed by atoms with Gasteiger partial charge in [0.2, 0.25) is 11.8 Å². The van der Waals surface area contributed by atoms with Crippen LogP contribution in [0, 0.1) is 17.0 Å². The van der Waals surface area contributed by atoms with Gasteiger partial charge in [-0.15, -0.1) is 0 Å². The molecule has 2 amide bonds. The van der Waals surface area contributed by atoms with E-state index in [-0.39, 0.29) is 27.6 Å². The van der Waals surface area contributed by atoms with Crippen molar-refractivity contribution in [1.29, 1.82) is 0 Å². The topological polar surface area (TPSA) is 114 Å². The third-order valence-corrected chi connectivity index (χ3v) is 9.17. The van der Waals surface area contributed by atoms with E-state index in [4.69, 9.17) is 23.2 Å². The van der Waals surface area contributed by atoms with Crippen LogP contribution < -0.4 is 16.0 Å². The van der Waals surface area contributed by atoms with E-state index in [2.05, 4.69) is 16.0 Å². The van der Waals surface area contributed by atoms with Crippen LogP contribution in [-0.4, -0.2) is 77.4 Å². The SMILES string of the molecule is CC(C)(C)C[C@H]1N[C@@H](C(=O)NCCCN2C[C@H](O)[C@@H](O)C2)[C@H](c2cccc(Cl)c2F)[C@@]12C(=O)Nc1cc(Cl)c(F)cc12. The molecule has 0 aliphatic carbocycles. The van der Waals surface area contributed by atoms with Gasteiger partial charge in [-0.05, 0) is 47.6 Å². The first-order valence-electron chi connectivity index (χ1n) is 14.1. The van der Waals surface area contributed by atoms with Crippen molar-refractivity contribution in [3.63, 3.8) is 0 Å². The Labute approximate surface area is 253 Å². The van der Waals surface area contributed by atoms with E-state index in [9.17, 15) is 19.8 Å². The van der Waals surface area contributed by atoms with Crippen LogP contribution in [-0.2, 0) is 15.0 Å². The maximum absolute atomic E-state index is 15.8. The third kappa shape index (κ3) is 5.53. The van der Waals surface area contributed by atoms with Gasteiger partial charge in [-0.25, -0.2) is 8.78 Å². The molecule has 3 aliphatic rings. The Morgan fingerprint density at radius 1 is 1.14 bits per heavy atom. The zero-order valence-corrected chi connectivity index (χ0v) is 25.2. The number of anilines is 1. The highest BCUT2D eigenvalue weighted by molar-refractivity contribution is 6.31. The fraction of sp³-hybridized carbons (Fsp3) is 0.533. The van der Waals surface area contributed by atoms with Gasteiger partial charge in [0.05, 0.1) is 28.3 Å². The van der Waals surface area contributed by atoms with Crippen molar-refractivity contribution in [3.05, 3.63) is 63.1 Å². The number of hydrogen-bond donors (Lipinski definition) is 5. The highest BCUT2D eigenvalue weighted by atomic mass is 35.5. The molecule has 5 rings (SSSR count). The molecule has 42 heavy (non-hydrogen) atoms. The van der Waals surface area contributed by atoms with E-state index in [1.165, 1.54) is 24.3 Å². The predicted octanol–water partition coefficient (Wildman–Crippen LogP) is 3.57. The molecular formula is C30H36Cl2F2N4O4. The average molecular weight is 626 g/mol. The van der Waals surface area contributed by atoms with Crippen LogP contribution in [0.5, 0.6) is 0 Å². The van der Waals surface area contributed by atoms with Crippen LogP contribution in [0.2, 0.25) is 10.0 Å². The number of fused-ring (bicyclic) bond motifs is 2. The van der Waals surface area contributed by atoms with Gasteiger partial charge in [0.25, 0.3) is 0 Å². The van der Waals surface area contributed by atoms with Crippen molar-refractivity contribution < 1.29 is 28.6 Å². The summed E-state index contributed by atoms with van der Waals surface area (Å²) in [4.78, 5) is 29.9. The minimum absolute atomic E-state index is 0.0740. The first-order chi connectivity index (χ1) is 19.7. The molecule has 2 aromatic carbocycles. The molecule has 12 heteroatoms. The van der Waals surface area contributed by atoms with Crippen molar-refractivity contribution in [1.82, 2.24) is 15.5 Å². The molecule has 2 aromatic rings. The molecule has 0 saturated carbocycles. The van der Waals surface area contributed by atoms with E-state index in [0.717, 1.165) is 0 Å². The van der Waals surface area contributed by atoms with Gasteiger partial charge >= 0.3 is 0 Å². The number of halogens is 4.